The van der Waals surface area contributed by atoms with E-state index in [-0.39, 0.29) is 17.6 Å². The second-order valence-corrected chi connectivity index (χ2v) is 12.6. The minimum Gasteiger partial charge on any atom is -0.494 e. The Bertz CT molecular complexity index is 1160. The molecule has 47 heavy (non-hydrogen) atoms. The third-order valence-electron chi connectivity index (χ3n) is 8.64. The Morgan fingerprint density at radius 2 is 1.13 bits per heavy atom. The van der Waals surface area contributed by atoms with Gasteiger partial charge in [-0.2, -0.15) is 0 Å². The molecular weight excluding hydrogens is 594 g/mol. The first-order valence-electron chi connectivity index (χ1n) is 18.2. The number of nitrogens with zero attached hydrogens (tertiary/aromatic N) is 1. The topological polar surface area (TPSA) is 91.4 Å². The summed E-state index contributed by atoms with van der Waals surface area (Å²) >= 11 is 0. The first-order chi connectivity index (χ1) is 23.0. The number of unbranched alkanes of at least 4 members (excludes halogenated alkanes) is 13. The Morgan fingerprint density at radius 1 is 0.638 bits per heavy atom. The lowest BCUT2D eigenvalue weighted by Gasteiger charge is -2.31. The molecule has 0 radical (unpaired) electrons. The van der Waals surface area contributed by atoms with E-state index >= 15 is 0 Å². The van der Waals surface area contributed by atoms with Crippen molar-refractivity contribution in [1.82, 2.24) is 4.90 Å². The van der Waals surface area contributed by atoms with Crippen LogP contribution in [0.25, 0.3) is 0 Å². The number of ether oxygens (including phenoxy) is 4. The molecule has 0 spiro atoms. The Balaban J connectivity index is 1.28. The quantitative estimate of drug-likeness (QED) is 0.0710. The van der Waals surface area contributed by atoms with Gasteiger partial charge >= 0.3 is 12.1 Å². The molecule has 8 heteroatoms. The summed E-state index contributed by atoms with van der Waals surface area (Å²) in [7, 11) is 0. The van der Waals surface area contributed by atoms with E-state index in [0.29, 0.717) is 50.5 Å². The van der Waals surface area contributed by atoms with Crippen LogP contribution in [0.4, 0.5) is 4.79 Å². The Labute approximate surface area is 282 Å². The summed E-state index contributed by atoms with van der Waals surface area (Å²) < 4.78 is 22.0. The number of piperidine rings is 1. The van der Waals surface area contributed by atoms with Crippen LogP contribution in [-0.2, 0) is 14.3 Å². The van der Waals surface area contributed by atoms with Crippen LogP contribution in [0, 0.1) is 0 Å². The molecule has 0 saturated carbocycles. The van der Waals surface area contributed by atoms with Gasteiger partial charge in [-0.3, -0.25) is 4.79 Å². The van der Waals surface area contributed by atoms with Crippen molar-refractivity contribution in [2.75, 3.05) is 19.7 Å². The van der Waals surface area contributed by atoms with E-state index in [1.807, 2.05) is 29.2 Å². The number of carbonyl (C=O) groups is 3. The number of esters is 1. The zero-order valence-electron chi connectivity index (χ0n) is 28.9. The molecule has 3 rings (SSSR count). The second kappa shape index (κ2) is 22.9. The summed E-state index contributed by atoms with van der Waals surface area (Å²) in [6.45, 7) is 6.24. The summed E-state index contributed by atoms with van der Waals surface area (Å²) in [6, 6.07) is 13.8. The first kappa shape index (κ1) is 37.9. The molecule has 0 bridgehead atoms. The minimum absolute atomic E-state index is 0.164. The van der Waals surface area contributed by atoms with Crippen LogP contribution < -0.4 is 9.47 Å². The SMILES string of the molecule is CCCCCCCCCCOc1ccc(Oc2ccc(C(=O)OC(=O)OC3CCN(C(=O)CCCCCCCCC)CC3)cc2)cc1. The monoisotopic (exact) mass is 651 g/mol. The van der Waals surface area contributed by atoms with E-state index in [1.54, 1.807) is 24.3 Å². The fourth-order valence-corrected chi connectivity index (χ4v) is 5.73. The van der Waals surface area contributed by atoms with Crippen LogP contribution in [0.3, 0.4) is 0 Å². The highest BCUT2D eigenvalue weighted by molar-refractivity contribution is 5.95. The minimum atomic E-state index is -1.02. The van der Waals surface area contributed by atoms with Gasteiger partial charge in [-0.1, -0.05) is 97.3 Å². The molecule has 1 amide bonds. The van der Waals surface area contributed by atoms with Gasteiger partial charge in [-0.25, -0.2) is 9.59 Å². The van der Waals surface area contributed by atoms with Gasteiger partial charge in [0.05, 0.1) is 12.2 Å². The lowest BCUT2D eigenvalue weighted by Crippen LogP contribution is -2.41. The van der Waals surface area contributed by atoms with Crippen molar-refractivity contribution in [3.8, 4) is 17.2 Å². The molecule has 2 aromatic carbocycles. The van der Waals surface area contributed by atoms with Gasteiger partial charge < -0.3 is 23.8 Å². The van der Waals surface area contributed by atoms with Gasteiger partial charge in [0.15, 0.2) is 0 Å². The summed E-state index contributed by atoms with van der Waals surface area (Å²) in [5.74, 6) is 1.38. The molecule has 1 heterocycles. The van der Waals surface area contributed by atoms with Gasteiger partial charge in [-0.15, -0.1) is 0 Å². The lowest BCUT2D eigenvalue weighted by molar-refractivity contribution is -0.133. The number of hydrogen-bond acceptors (Lipinski definition) is 7. The average Bonchev–Trinajstić information content (AvgIpc) is 3.08. The van der Waals surface area contributed by atoms with E-state index in [1.165, 1.54) is 77.0 Å². The van der Waals surface area contributed by atoms with Crippen LogP contribution in [0.1, 0.15) is 140 Å². The molecular formula is C39H57NO7. The van der Waals surface area contributed by atoms with Gasteiger partial charge in [0.25, 0.3) is 0 Å². The first-order valence-corrected chi connectivity index (χ1v) is 18.2. The van der Waals surface area contributed by atoms with Gasteiger partial charge in [-0.05, 0) is 61.4 Å². The third kappa shape index (κ3) is 15.7. The molecule has 1 aliphatic rings. The van der Waals surface area contributed by atoms with E-state index in [2.05, 4.69) is 13.8 Å². The van der Waals surface area contributed by atoms with E-state index in [0.717, 1.165) is 25.0 Å². The zero-order chi connectivity index (χ0) is 33.5. The zero-order valence-corrected chi connectivity index (χ0v) is 28.9. The largest absolute Gasteiger partial charge is 0.516 e. The van der Waals surface area contributed by atoms with E-state index in [4.69, 9.17) is 18.9 Å². The predicted octanol–water partition coefficient (Wildman–Crippen LogP) is 10.4. The molecule has 0 unspecified atom stereocenters. The Hall–Kier alpha value is -3.55. The normalized spacial score (nSPS) is 13.3. The molecule has 8 nitrogen and oxygen atoms in total. The smallest absolute Gasteiger partial charge is 0.494 e. The van der Waals surface area contributed by atoms with E-state index in [9.17, 15) is 14.4 Å². The van der Waals surface area contributed by atoms with Crippen molar-refractivity contribution in [2.45, 2.75) is 136 Å². The van der Waals surface area contributed by atoms with Gasteiger partial charge in [0, 0.05) is 32.4 Å². The molecule has 1 fully saturated rings. The second-order valence-electron chi connectivity index (χ2n) is 12.6. The fourth-order valence-electron chi connectivity index (χ4n) is 5.73. The van der Waals surface area contributed by atoms with E-state index < -0.39 is 12.1 Å². The van der Waals surface area contributed by atoms with Crippen LogP contribution >= 0.6 is 0 Å². The molecule has 2 aromatic rings. The molecule has 1 saturated heterocycles. The highest BCUT2D eigenvalue weighted by Crippen LogP contribution is 2.25. The highest BCUT2D eigenvalue weighted by Gasteiger charge is 2.26. The molecule has 260 valence electrons. The summed E-state index contributed by atoms with van der Waals surface area (Å²) in [4.78, 5) is 39.2. The number of carbonyl (C=O) groups excluding carboxylic acids is 3. The molecule has 1 aliphatic heterocycles. The Morgan fingerprint density at radius 3 is 1.70 bits per heavy atom. The number of likely N-dealkylation sites (tertiary alicyclic amines) is 1. The number of hydrogen-bond donors (Lipinski definition) is 0. The van der Waals surface area contributed by atoms with Crippen molar-refractivity contribution >= 4 is 18.0 Å². The average molecular weight is 652 g/mol. The van der Waals surface area contributed by atoms with Crippen molar-refractivity contribution in [3.63, 3.8) is 0 Å². The number of amides is 1. The number of rotatable bonds is 22. The standard InChI is InChI=1S/C39H57NO7/c1-3-5-7-9-11-13-15-17-31-44-33-23-25-35(26-24-33)45-34-21-19-32(20-22-34)38(42)47-39(43)46-36-27-29-40(30-28-36)37(41)18-16-14-12-10-8-6-4-2/h19-26,36H,3-18,27-31H2,1-2H3. The molecule has 0 aliphatic carbocycles. The van der Waals surface area contributed by atoms with Crippen molar-refractivity contribution in [2.24, 2.45) is 0 Å². The summed E-state index contributed by atoms with van der Waals surface area (Å²) in [5.41, 5.74) is 0.213. The highest BCUT2D eigenvalue weighted by atomic mass is 16.7. The van der Waals surface area contributed by atoms with Gasteiger partial charge in [0.2, 0.25) is 5.91 Å². The van der Waals surface area contributed by atoms with Gasteiger partial charge in [0.1, 0.15) is 23.4 Å². The summed E-state index contributed by atoms with van der Waals surface area (Å²) in [6.07, 6.45) is 18.6. The molecule has 0 atom stereocenters. The van der Waals surface area contributed by atoms with Crippen LogP contribution in [0.15, 0.2) is 48.5 Å². The molecule has 0 aromatic heterocycles. The number of benzene rings is 2. The van der Waals surface area contributed by atoms with Crippen molar-refractivity contribution in [1.29, 1.82) is 0 Å². The fraction of sp³-hybridized carbons (Fsp3) is 0.615. The maximum absolute atomic E-state index is 12.5. The van der Waals surface area contributed by atoms with Crippen molar-refractivity contribution < 1.29 is 33.3 Å². The lowest BCUT2D eigenvalue weighted by atomic mass is 10.1. The maximum Gasteiger partial charge on any atom is 0.516 e. The third-order valence-corrected chi connectivity index (χ3v) is 8.64. The predicted molar refractivity (Wildman–Crippen MR) is 185 cm³/mol. The van der Waals surface area contributed by atoms with Crippen LogP contribution in [0.5, 0.6) is 17.2 Å². The van der Waals surface area contributed by atoms with Crippen LogP contribution in [0.2, 0.25) is 0 Å². The Kier molecular flexibility index (Phi) is 18.5. The maximum atomic E-state index is 12.5. The van der Waals surface area contributed by atoms with Crippen molar-refractivity contribution in [3.05, 3.63) is 54.1 Å². The summed E-state index contributed by atoms with van der Waals surface area (Å²) in [5, 5.41) is 0. The van der Waals surface area contributed by atoms with Crippen LogP contribution in [-0.4, -0.2) is 48.7 Å². The molecule has 0 N–H and O–H groups in total.